The summed E-state index contributed by atoms with van der Waals surface area (Å²) in [5, 5.41) is 5.06. The number of nitrogens with one attached hydrogen (secondary N) is 3. The Labute approximate surface area is 116 Å². The maximum absolute atomic E-state index is 11.6. The Hall–Kier alpha value is -2.09. The highest BCUT2D eigenvalue weighted by Crippen LogP contribution is 2.13. The van der Waals surface area contributed by atoms with Gasteiger partial charge in [-0.05, 0) is 28.1 Å². The van der Waals surface area contributed by atoms with Gasteiger partial charge in [-0.1, -0.05) is 0 Å². The van der Waals surface area contributed by atoms with Gasteiger partial charge in [0.2, 0.25) is 5.91 Å². The third-order valence-corrected chi connectivity index (χ3v) is 2.64. The molecule has 3 N–H and O–H groups in total. The summed E-state index contributed by atoms with van der Waals surface area (Å²) in [6.07, 6.45) is 3.26. The number of hydrogen-bond donors (Lipinski definition) is 3. The summed E-state index contributed by atoms with van der Waals surface area (Å²) in [6, 6.07) is 3.12. The van der Waals surface area contributed by atoms with Crippen molar-refractivity contribution in [3.8, 4) is 0 Å². The second-order valence-corrected chi connectivity index (χ2v) is 4.38. The predicted molar refractivity (Wildman–Crippen MR) is 69.2 cm³/mol. The lowest BCUT2D eigenvalue weighted by Crippen LogP contribution is -2.36. The van der Waals surface area contributed by atoms with E-state index in [1.165, 1.54) is 6.07 Å². The second kappa shape index (κ2) is 6.19. The lowest BCUT2D eigenvalue weighted by atomic mass is 10.4. The zero-order valence-corrected chi connectivity index (χ0v) is 11.4. The molecule has 2 heterocycles. The highest BCUT2D eigenvalue weighted by molar-refractivity contribution is 9.10. The number of H-pyrrole nitrogens is 1. The molecule has 0 saturated carbocycles. The van der Waals surface area contributed by atoms with Gasteiger partial charge in [-0.3, -0.25) is 9.59 Å². The fourth-order valence-corrected chi connectivity index (χ4v) is 1.63. The zero-order chi connectivity index (χ0) is 13.7. The Balaban J connectivity index is 1.73. The van der Waals surface area contributed by atoms with E-state index in [-0.39, 0.29) is 24.8 Å². The maximum atomic E-state index is 11.6. The fraction of sp³-hybridized carbons (Fsp3) is 0.182. The Morgan fingerprint density at radius 2 is 2.21 bits per heavy atom. The van der Waals surface area contributed by atoms with Crippen LogP contribution in [0.25, 0.3) is 0 Å². The zero-order valence-electron chi connectivity index (χ0n) is 9.77. The maximum Gasteiger partial charge on any atom is 0.287 e. The average molecular weight is 327 g/mol. The molecule has 0 aliphatic rings. The molecule has 19 heavy (non-hydrogen) atoms. The molecule has 2 amide bonds. The molecule has 0 aromatic carbocycles. The van der Waals surface area contributed by atoms with Crippen molar-refractivity contribution in [2.75, 3.05) is 6.54 Å². The SMILES string of the molecule is O=C(CNC(=O)c1ccc(Br)o1)NCc1ncc[nH]1. The minimum Gasteiger partial charge on any atom is -0.444 e. The van der Waals surface area contributed by atoms with Crippen molar-refractivity contribution in [3.05, 3.63) is 40.8 Å². The first-order valence-corrected chi connectivity index (χ1v) is 6.23. The molecule has 100 valence electrons. The van der Waals surface area contributed by atoms with E-state index in [2.05, 4.69) is 36.5 Å². The van der Waals surface area contributed by atoms with E-state index in [1.54, 1.807) is 18.5 Å². The van der Waals surface area contributed by atoms with Crippen LogP contribution in [0, 0.1) is 0 Å². The smallest absolute Gasteiger partial charge is 0.287 e. The van der Waals surface area contributed by atoms with E-state index in [9.17, 15) is 9.59 Å². The Bertz CT molecular complexity index is 564. The van der Waals surface area contributed by atoms with Crippen molar-refractivity contribution >= 4 is 27.7 Å². The van der Waals surface area contributed by atoms with Crippen LogP contribution >= 0.6 is 15.9 Å². The molecule has 0 aliphatic heterocycles. The minimum atomic E-state index is -0.446. The lowest BCUT2D eigenvalue weighted by Gasteiger charge is -2.04. The van der Waals surface area contributed by atoms with Crippen molar-refractivity contribution in [2.24, 2.45) is 0 Å². The number of imidazole rings is 1. The number of aromatic nitrogens is 2. The van der Waals surface area contributed by atoms with Crippen molar-refractivity contribution in [2.45, 2.75) is 6.54 Å². The number of hydrogen-bond acceptors (Lipinski definition) is 4. The molecule has 2 rings (SSSR count). The van der Waals surface area contributed by atoms with Crippen LogP contribution in [0.5, 0.6) is 0 Å². The molecule has 8 heteroatoms. The number of aromatic amines is 1. The van der Waals surface area contributed by atoms with Gasteiger partial charge in [0.25, 0.3) is 5.91 Å². The Morgan fingerprint density at radius 3 is 2.84 bits per heavy atom. The van der Waals surface area contributed by atoms with E-state index in [0.29, 0.717) is 10.5 Å². The van der Waals surface area contributed by atoms with Gasteiger partial charge in [-0.15, -0.1) is 0 Å². The molecule has 0 atom stereocenters. The third-order valence-electron chi connectivity index (χ3n) is 2.21. The molecule has 0 unspecified atom stereocenters. The molecular formula is C11H11BrN4O3. The standard InChI is InChI=1S/C11H11BrN4O3/c12-8-2-1-7(19-8)11(18)16-6-10(17)15-5-9-13-3-4-14-9/h1-4H,5-6H2,(H,13,14)(H,15,17)(H,16,18). The van der Waals surface area contributed by atoms with Gasteiger partial charge in [0, 0.05) is 12.4 Å². The summed E-state index contributed by atoms with van der Waals surface area (Å²) < 4.78 is 5.51. The number of carbonyl (C=O) groups is 2. The van der Waals surface area contributed by atoms with E-state index >= 15 is 0 Å². The molecule has 2 aromatic heterocycles. The van der Waals surface area contributed by atoms with Crippen molar-refractivity contribution in [3.63, 3.8) is 0 Å². The summed E-state index contributed by atoms with van der Waals surface area (Å²) in [5.74, 6) is 0.0366. The minimum absolute atomic E-state index is 0.127. The molecule has 0 saturated heterocycles. The lowest BCUT2D eigenvalue weighted by molar-refractivity contribution is -0.120. The first kappa shape index (κ1) is 13.3. The van der Waals surface area contributed by atoms with Gasteiger partial charge in [0.15, 0.2) is 10.4 Å². The first-order chi connectivity index (χ1) is 9.15. The van der Waals surface area contributed by atoms with E-state index < -0.39 is 5.91 Å². The number of rotatable bonds is 5. The van der Waals surface area contributed by atoms with Gasteiger partial charge in [0.05, 0.1) is 13.1 Å². The van der Waals surface area contributed by atoms with Gasteiger partial charge >= 0.3 is 0 Å². The monoisotopic (exact) mass is 326 g/mol. The highest BCUT2D eigenvalue weighted by Gasteiger charge is 2.11. The Kier molecular flexibility index (Phi) is 4.35. The highest BCUT2D eigenvalue weighted by atomic mass is 79.9. The molecular weight excluding hydrogens is 316 g/mol. The van der Waals surface area contributed by atoms with Crippen LogP contribution in [0.4, 0.5) is 0 Å². The van der Waals surface area contributed by atoms with Crippen molar-refractivity contribution in [1.82, 2.24) is 20.6 Å². The van der Waals surface area contributed by atoms with Crippen LogP contribution in [0.2, 0.25) is 0 Å². The van der Waals surface area contributed by atoms with Crippen LogP contribution in [0.3, 0.4) is 0 Å². The number of halogens is 1. The van der Waals surface area contributed by atoms with Gasteiger partial charge in [-0.2, -0.15) is 0 Å². The predicted octanol–water partition coefficient (Wildman–Crippen LogP) is 0.811. The van der Waals surface area contributed by atoms with Crippen molar-refractivity contribution < 1.29 is 14.0 Å². The summed E-state index contributed by atoms with van der Waals surface area (Å²) >= 11 is 3.09. The quantitative estimate of drug-likeness (QED) is 0.757. The molecule has 7 nitrogen and oxygen atoms in total. The fourth-order valence-electron chi connectivity index (χ4n) is 1.32. The van der Waals surface area contributed by atoms with Crippen LogP contribution in [-0.4, -0.2) is 28.3 Å². The average Bonchev–Trinajstić information content (AvgIpc) is 3.04. The topological polar surface area (TPSA) is 100 Å². The summed E-state index contributed by atoms with van der Waals surface area (Å²) in [7, 11) is 0. The summed E-state index contributed by atoms with van der Waals surface area (Å²) in [5.41, 5.74) is 0. The third kappa shape index (κ3) is 3.95. The molecule has 0 bridgehead atoms. The van der Waals surface area contributed by atoms with E-state index in [1.807, 2.05) is 0 Å². The van der Waals surface area contributed by atoms with Crippen LogP contribution in [0.1, 0.15) is 16.4 Å². The molecule has 0 fully saturated rings. The number of carbonyl (C=O) groups excluding carboxylic acids is 2. The van der Waals surface area contributed by atoms with Crippen molar-refractivity contribution in [1.29, 1.82) is 0 Å². The van der Waals surface area contributed by atoms with Gasteiger partial charge in [-0.25, -0.2) is 4.98 Å². The first-order valence-electron chi connectivity index (χ1n) is 5.43. The van der Waals surface area contributed by atoms with Gasteiger partial charge < -0.3 is 20.0 Å². The van der Waals surface area contributed by atoms with E-state index in [0.717, 1.165) is 0 Å². The van der Waals surface area contributed by atoms with E-state index in [4.69, 9.17) is 4.42 Å². The number of nitrogens with zero attached hydrogens (tertiary/aromatic N) is 1. The molecule has 0 spiro atoms. The molecule has 2 aromatic rings. The number of amides is 2. The Morgan fingerprint density at radius 1 is 1.37 bits per heavy atom. The van der Waals surface area contributed by atoms with Crippen LogP contribution < -0.4 is 10.6 Å². The number of furan rings is 1. The van der Waals surface area contributed by atoms with Gasteiger partial charge in [0.1, 0.15) is 5.82 Å². The summed E-state index contributed by atoms with van der Waals surface area (Å²) in [6.45, 7) is 0.159. The van der Waals surface area contributed by atoms with Crippen LogP contribution in [-0.2, 0) is 11.3 Å². The largest absolute Gasteiger partial charge is 0.444 e. The molecule has 0 radical (unpaired) electrons. The van der Waals surface area contributed by atoms with Crippen LogP contribution in [0.15, 0.2) is 33.6 Å². The second-order valence-electron chi connectivity index (χ2n) is 3.60. The normalized spacial score (nSPS) is 10.2. The molecule has 0 aliphatic carbocycles. The summed E-state index contributed by atoms with van der Waals surface area (Å²) in [4.78, 5) is 29.9.